The summed E-state index contributed by atoms with van der Waals surface area (Å²) in [5.74, 6) is 0.910. The Morgan fingerprint density at radius 1 is 1.07 bits per heavy atom. The molecule has 0 unspecified atom stereocenters. The van der Waals surface area contributed by atoms with Crippen molar-refractivity contribution in [2.45, 2.75) is 6.42 Å². The summed E-state index contributed by atoms with van der Waals surface area (Å²) in [6.45, 7) is 0. The van der Waals surface area contributed by atoms with Crippen LogP contribution in [0.15, 0.2) is 51.4 Å². The van der Waals surface area contributed by atoms with E-state index in [-0.39, 0.29) is 11.2 Å². The Morgan fingerprint density at radius 3 is 2.56 bits per heavy atom. The standard InChI is InChI=1S/C21H15ClO5/c1-25-18-7-11-5-12(20(23)15(11)9-19(18)26-2)6-13-10-27-17-4-3-14(22)8-16(17)21(13)24/h3-4,6-10H,5H2,1-2H3/b12-6-. The highest BCUT2D eigenvalue weighted by molar-refractivity contribution is 6.31. The van der Waals surface area contributed by atoms with E-state index in [1.807, 2.05) is 0 Å². The molecule has 0 amide bonds. The third-order valence-corrected chi connectivity index (χ3v) is 4.85. The molecule has 27 heavy (non-hydrogen) atoms. The zero-order chi connectivity index (χ0) is 19.1. The Bertz CT molecular complexity index is 1170. The Balaban J connectivity index is 1.79. The van der Waals surface area contributed by atoms with Gasteiger partial charge in [0.05, 0.1) is 25.2 Å². The second-order valence-electron chi connectivity index (χ2n) is 6.20. The highest BCUT2D eigenvalue weighted by Gasteiger charge is 2.27. The number of methoxy groups -OCH3 is 2. The predicted octanol–water partition coefficient (Wildman–Crippen LogP) is 4.29. The molecule has 0 atom stereocenters. The van der Waals surface area contributed by atoms with Crippen LogP contribution in [-0.4, -0.2) is 20.0 Å². The fourth-order valence-electron chi connectivity index (χ4n) is 3.26. The molecular formula is C21H15ClO5. The van der Waals surface area contributed by atoms with Crippen LogP contribution in [0.5, 0.6) is 11.5 Å². The molecule has 1 aromatic heterocycles. The average molecular weight is 383 g/mol. The molecule has 2 aromatic carbocycles. The zero-order valence-corrected chi connectivity index (χ0v) is 15.4. The molecule has 1 aliphatic carbocycles. The molecule has 5 nitrogen and oxygen atoms in total. The van der Waals surface area contributed by atoms with Gasteiger partial charge in [0.25, 0.3) is 0 Å². The molecule has 3 aromatic rings. The first-order chi connectivity index (χ1) is 13.0. The number of hydrogen-bond donors (Lipinski definition) is 0. The van der Waals surface area contributed by atoms with Crippen LogP contribution in [-0.2, 0) is 6.42 Å². The molecule has 6 heteroatoms. The maximum atomic E-state index is 12.8. The van der Waals surface area contributed by atoms with Crippen molar-refractivity contribution < 1.29 is 18.7 Å². The lowest BCUT2D eigenvalue weighted by molar-refractivity contribution is 0.104. The molecule has 0 saturated heterocycles. The Labute approximate surface area is 159 Å². The molecule has 0 aliphatic heterocycles. The van der Waals surface area contributed by atoms with Crippen molar-refractivity contribution in [2.75, 3.05) is 14.2 Å². The minimum Gasteiger partial charge on any atom is -0.493 e. The van der Waals surface area contributed by atoms with Gasteiger partial charge in [-0.2, -0.15) is 0 Å². The first-order valence-corrected chi connectivity index (χ1v) is 8.61. The molecule has 0 radical (unpaired) electrons. The number of ketones is 1. The topological polar surface area (TPSA) is 65.7 Å². The van der Waals surface area contributed by atoms with E-state index in [4.69, 9.17) is 25.5 Å². The second-order valence-corrected chi connectivity index (χ2v) is 6.64. The first-order valence-electron chi connectivity index (χ1n) is 8.23. The Morgan fingerprint density at radius 2 is 1.81 bits per heavy atom. The van der Waals surface area contributed by atoms with E-state index in [2.05, 4.69) is 0 Å². The third kappa shape index (κ3) is 2.90. The molecule has 136 valence electrons. The van der Waals surface area contributed by atoms with Crippen LogP contribution in [0, 0.1) is 0 Å². The summed E-state index contributed by atoms with van der Waals surface area (Å²) in [6, 6.07) is 8.31. The highest BCUT2D eigenvalue weighted by Crippen LogP contribution is 2.37. The molecule has 0 spiro atoms. The summed E-state index contributed by atoms with van der Waals surface area (Å²) >= 11 is 5.98. The number of fused-ring (bicyclic) bond motifs is 2. The van der Waals surface area contributed by atoms with E-state index in [0.717, 1.165) is 5.56 Å². The van der Waals surface area contributed by atoms with E-state index < -0.39 is 0 Å². The van der Waals surface area contributed by atoms with Gasteiger partial charge in [-0.25, -0.2) is 0 Å². The fourth-order valence-corrected chi connectivity index (χ4v) is 3.43. The first kappa shape index (κ1) is 17.4. The van der Waals surface area contributed by atoms with Crippen LogP contribution < -0.4 is 14.9 Å². The molecule has 0 bridgehead atoms. The van der Waals surface area contributed by atoms with Crippen molar-refractivity contribution in [2.24, 2.45) is 0 Å². The van der Waals surface area contributed by atoms with Crippen LogP contribution >= 0.6 is 11.6 Å². The number of allylic oxidation sites excluding steroid dienone is 1. The molecule has 1 aliphatic rings. The number of benzene rings is 2. The van der Waals surface area contributed by atoms with Gasteiger partial charge in [0, 0.05) is 22.6 Å². The summed E-state index contributed by atoms with van der Waals surface area (Å²) in [6.07, 6.45) is 3.35. The van der Waals surface area contributed by atoms with Crippen molar-refractivity contribution in [3.63, 3.8) is 0 Å². The van der Waals surface area contributed by atoms with Gasteiger partial charge in [0.1, 0.15) is 11.8 Å². The number of carbonyl (C=O) groups is 1. The SMILES string of the molecule is COc1cc2c(cc1OC)C(=O)/C(=C\c1coc3ccc(Cl)cc3c1=O)C2. The van der Waals surface area contributed by atoms with Gasteiger partial charge in [0.2, 0.25) is 0 Å². The molecule has 4 rings (SSSR count). The number of carbonyl (C=O) groups excluding carboxylic acids is 1. The summed E-state index contributed by atoms with van der Waals surface area (Å²) in [7, 11) is 3.06. The molecular weight excluding hydrogens is 368 g/mol. The van der Waals surface area contributed by atoms with Gasteiger partial charge in [-0.05, 0) is 42.0 Å². The van der Waals surface area contributed by atoms with Crippen molar-refractivity contribution in [3.05, 3.63) is 74.1 Å². The van der Waals surface area contributed by atoms with Crippen LogP contribution in [0.3, 0.4) is 0 Å². The van der Waals surface area contributed by atoms with Crippen molar-refractivity contribution >= 4 is 34.4 Å². The minimum atomic E-state index is -0.231. The molecule has 0 saturated carbocycles. The summed E-state index contributed by atoms with van der Waals surface area (Å²) in [4.78, 5) is 25.5. The van der Waals surface area contributed by atoms with Crippen molar-refractivity contribution in [1.29, 1.82) is 0 Å². The van der Waals surface area contributed by atoms with Crippen LogP contribution in [0.1, 0.15) is 21.5 Å². The van der Waals surface area contributed by atoms with Crippen LogP contribution in [0.2, 0.25) is 5.02 Å². The maximum absolute atomic E-state index is 12.8. The zero-order valence-electron chi connectivity index (χ0n) is 14.7. The number of ether oxygens (including phenoxy) is 2. The van der Waals surface area contributed by atoms with Crippen LogP contribution in [0.4, 0.5) is 0 Å². The number of Topliss-reactive ketones (excluding diaryl/α,β-unsaturated/α-hetero) is 1. The minimum absolute atomic E-state index is 0.142. The van der Waals surface area contributed by atoms with Gasteiger partial charge in [-0.1, -0.05) is 11.6 Å². The summed E-state index contributed by atoms with van der Waals surface area (Å²) in [5.41, 5.74) is 2.41. The van der Waals surface area contributed by atoms with Gasteiger partial charge in [-0.15, -0.1) is 0 Å². The van der Waals surface area contributed by atoms with E-state index in [1.54, 1.807) is 43.5 Å². The van der Waals surface area contributed by atoms with E-state index in [0.29, 0.717) is 50.6 Å². The predicted molar refractivity (Wildman–Crippen MR) is 103 cm³/mol. The van der Waals surface area contributed by atoms with Gasteiger partial charge in [-0.3, -0.25) is 9.59 Å². The highest BCUT2D eigenvalue weighted by atomic mass is 35.5. The molecule has 1 heterocycles. The fraction of sp³-hybridized carbons (Fsp3) is 0.143. The van der Waals surface area contributed by atoms with Gasteiger partial charge in [0.15, 0.2) is 22.7 Å². The van der Waals surface area contributed by atoms with E-state index in [1.165, 1.54) is 13.4 Å². The summed E-state index contributed by atoms with van der Waals surface area (Å²) in [5, 5.41) is 0.825. The van der Waals surface area contributed by atoms with Gasteiger partial charge < -0.3 is 13.9 Å². The number of rotatable bonds is 3. The smallest absolute Gasteiger partial charge is 0.199 e. The molecule has 0 fully saturated rings. The summed E-state index contributed by atoms with van der Waals surface area (Å²) < 4.78 is 16.1. The van der Waals surface area contributed by atoms with Crippen molar-refractivity contribution in [1.82, 2.24) is 0 Å². The van der Waals surface area contributed by atoms with E-state index in [9.17, 15) is 9.59 Å². The van der Waals surface area contributed by atoms with Crippen LogP contribution in [0.25, 0.3) is 17.0 Å². The molecule has 0 N–H and O–H groups in total. The third-order valence-electron chi connectivity index (χ3n) is 4.62. The lowest BCUT2D eigenvalue weighted by Crippen LogP contribution is -2.06. The lowest BCUT2D eigenvalue weighted by atomic mass is 10.1. The Hall–Kier alpha value is -3.05. The van der Waals surface area contributed by atoms with Crippen molar-refractivity contribution in [3.8, 4) is 11.5 Å². The normalized spacial score (nSPS) is 14.6. The van der Waals surface area contributed by atoms with Gasteiger partial charge >= 0.3 is 0 Å². The lowest BCUT2D eigenvalue weighted by Gasteiger charge is -2.08. The maximum Gasteiger partial charge on any atom is 0.199 e. The quantitative estimate of drug-likeness (QED) is 0.632. The number of hydrogen-bond acceptors (Lipinski definition) is 5. The Kier molecular flexibility index (Phi) is 4.24. The van der Waals surface area contributed by atoms with E-state index >= 15 is 0 Å². The second kappa shape index (κ2) is 6.59. The largest absolute Gasteiger partial charge is 0.493 e. The monoisotopic (exact) mass is 382 g/mol. The number of halogens is 1. The average Bonchev–Trinajstić information content (AvgIpc) is 2.98.